The van der Waals surface area contributed by atoms with Gasteiger partial charge in [0.05, 0.1) is 18.4 Å². The first kappa shape index (κ1) is 16.4. The van der Waals surface area contributed by atoms with Gasteiger partial charge in [0.1, 0.15) is 5.75 Å². The molecule has 3 heterocycles. The molecule has 2 N–H and O–H groups in total. The summed E-state index contributed by atoms with van der Waals surface area (Å²) in [4.78, 5) is 31.1. The third kappa shape index (κ3) is 4.11. The zero-order chi connectivity index (χ0) is 17.6. The number of carboxylic acid groups (broad SMARTS) is 1. The van der Waals surface area contributed by atoms with Crippen LogP contribution in [0.5, 0.6) is 5.75 Å². The van der Waals surface area contributed by atoms with Crippen LogP contribution in [-0.2, 0) is 0 Å². The third-order valence-electron chi connectivity index (χ3n) is 3.46. The topological polar surface area (TPSA) is 106 Å². The lowest BCUT2D eigenvalue weighted by Crippen LogP contribution is -2.15. The second-order valence-electron chi connectivity index (χ2n) is 5.25. The van der Waals surface area contributed by atoms with Crippen molar-refractivity contribution in [2.75, 3.05) is 18.5 Å². The number of pyridine rings is 2. The number of aromatic carboxylic acids is 1. The predicted octanol–water partition coefficient (Wildman–Crippen LogP) is 1.67. The van der Waals surface area contributed by atoms with Crippen LogP contribution >= 0.6 is 0 Å². The van der Waals surface area contributed by atoms with Gasteiger partial charge in [-0.15, -0.1) is 0 Å². The Morgan fingerprint density at radius 1 is 1.24 bits per heavy atom. The minimum absolute atomic E-state index is 0.0344. The fourth-order valence-electron chi connectivity index (χ4n) is 2.27. The van der Waals surface area contributed by atoms with Gasteiger partial charge in [-0.1, -0.05) is 0 Å². The smallest absolute Gasteiger partial charge is 0.335 e. The molecule has 0 aromatic carbocycles. The number of carboxylic acids is 1. The van der Waals surface area contributed by atoms with Crippen molar-refractivity contribution in [3.8, 4) is 5.75 Å². The number of nitrogens with one attached hydrogen (secondary N) is 1. The van der Waals surface area contributed by atoms with Crippen LogP contribution in [0.2, 0.25) is 0 Å². The van der Waals surface area contributed by atoms with Crippen LogP contribution in [0.3, 0.4) is 0 Å². The lowest BCUT2D eigenvalue weighted by molar-refractivity contribution is 0.0696. The number of anilines is 1. The maximum Gasteiger partial charge on any atom is 0.335 e. The second-order valence-corrected chi connectivity index (χ2v) is 5.25. The number of hydrogen-bond donors (Lipinski definition) is 2. The fraction of sp³-hybridized carbons (Fsp3) is 0.176. The number of fused-ring (bicyclic) bond motifs is 1. The molecule has 0 aliphatic carbocycles. The maximum atomic E-state index is 12.0. The summed E-state index contributed by atoms with van der Waals surface area (Å²) in [7, 11) is 0. The second kappa shape index (κ2) is 7.43. The number of ether oxygens (including phenoxy) is 1. The van der Waals surface area contributed by atoms with E-state index < -0.39 is 11.5 Å². The van der Waals surface area contributed by atoms with Crippen molar-refractivity contribution >= 4 is 17.4 Å². The predicted molar refractivity (Wildman–Crippen MR) is 91.3 cm³/mol. The van der Waals surface area contributed by atoms with Gasteiger partial charge in [-0.3, -0.25) is 9.20 Å². The van der Waals surface area contributed by atoms with Gasteiger partial charge in [0.25, 0.3) is 5.56 Å². The Bertz CT molecular complexity index is 940. The number of carbonyl (C=O) groups is 1. The highest BCUT2D eigenvalue weighted by Gasteiger charge is 2.07. The van der Waals surface area contributed by atoms with E-state index in [4.69, 9.17) is 9.84 Å². The minimum Gasteiger partial charge on any atom is -0.492 e. The molecular weight excluding hydrogens is 324 g/mol. The van der Waals surface area contributed by atoms with Crippen LogP contribution in [-0.4, -0.2) is 38.6 Å². The van der Waals surface area contributed by atoms with E-state index in [-0.39, 0.29) is 5.56 Å². The normalized spacial score (nSPS) is 10.6. The van der Waals surface area contributed by atoms with Crippen molar-refractivity contribution in [2.45, 2.75) is 6.42 Å². The molecular formula is C17H16N4O4. The Labute approximate surface area is 142 Å². The number of aromatic nitrogens is 3. The zero-order valence-electron chi connectivity index (χ0n) is 13.3. The van der Waals surface area contributed by atoms with Gasteiger partial charge in [-0.25, -0.2) is 14.8 Å². The van der Waals surface area contributed by atoms with Crippen LogP contribution in [0, 0.1) is 0 Å². The highest BCUT2D eigenvalue weighted by molar-refractivity contribution is 5.88. The molecule has 0 fully saturated rings. The largest absolute Gasteiger partial charge is 0.492 e. The van der Waals surface area contributed by atoms with E-state index in [9.17, 15) is 9.59 Å². The van der Waals surface area contributed by atoms with Crippen molar-refractivity contribution in [3.63, 3.8) is 0 Å². The fourth-order valence-corrected chi connectivity index (χ4v) is 2.27. The molecule has 3 aromatic rings. The summed E-state index contributed by atoms with van der Waals surface area (Å²) >= 11 is 0. The molecule has 0 bridgehead atoms. The molecule has 128 valence electrons. The molecule has 0 aliphatic heterocycles. The summed E-state index contributed by atoms with van der Waals surface area (Å²) in [5, 5.41) is 12.1. The SMILES string of the molecule is O=C(O)c1cc(=O)n2cc(OCCCNc3ncccn3)ccc2c1. The van der Waals surface area contributed by atoms with Crippen LogP contribution in [0.25, 0.3) is 5.52 Å². The lowest BCUT2D eigenvalue weighted by Gasteiger charge is -2.09. The molecule has 8 heteroatoms. The molecule has 0 radical (unpaired) electrons. The Balaban J connectivity index is 1.59. The van der Waals surface area contributed by atoms with Crippen LogP contribution in [0.1, 0.15) is 16.8 Å². The van der Waals surface area contributed by atoms with Crippen LogP contribution in [0.15, 0.2) is 53.7 Å². The van der Waals surface area contributed by atoms with Gasteiger partial charge in [-0.2, -0.15) is 0 Å². The summed E-state index contributed by atoms with van der Waals surface area (Å²) in [6.45, 7) is 1.10. The van der Waals surface area contributed by atoms with E-state index in [2.05, 4.69) is 15.3 Å². The van der Waals surface area contributed by atoms with Crippen molar-refractivity contribution in [2.24, 2.45) is 0 Å². The van der Waals surface area contributed by atoms with Crippen molar-refractivity contribution < 1.29 is 14.6 Å². The molecule has 0 amide bonds. The molecule has 3 rings (SSSR count). The third-order valence-corrected chi connectivity index (χ3v) is 3.46. The first-order valence-electron chi connectivity index (χ1n) is 7.67. The molecule has 0 saturated carbocycles. The summed E-state index contributed by atoms with van der Waals surface area (Å²) in [5.74, 6) is -0.0301. The highest BCUT2D eigenvalue weighted by Crippen LogP contribution is 2.13. The lowest BCUT2D eigenvalue weighted by atomic mass is 10.2. The van der Waals surface area contributed by atoms with Crippen molar-refractivity contribution in [1.82, 2.24) is 14.4 Å². The van der Waals surface area contributed by atoms with Crippen LogP contribution in [0.4, 0.5) is 5.95 Å². The van der Waals surface area contributed by atoms with Crippen LogP contribution < -0.4 is 15.6 Å². The van der Waals surface area contributed by atoms with E-state index in [0.717, 1.165) is 12.5 Å². The maximum absolute atomic E-state index is 12.0. The van der Waals surface area contributed by atoms with E-state index >= 15 is 0 Å². The molecule has 3 aromatic heterocycles. The molecule has 0 unspecified atom stereocenters. The van der Waals surface area contributed by atoms with Gasteiger partial charge < -0.3 is 15.2 Å². The van der Waals surface area contributed by atoms with E-state index in [1.165, 1.54) is 10.5 Å². The standard InChI is InChI=1S/C17H16N4O4/c22-15-10-12(16(23)24)9-13-3-4-14(11-21(13)15)25-8-2-7-20-17-18-5-1-6-19-17/h1,3-6,9-11H,2,7-8H2,(H,23,24)(H,18,19,20). The Morgan fingerprint density at radius 3 is 2.80 bits per heavy atom. The van der Waals surface area contributed by atoms with E-state index in [1.807, 2.05) is 0 Å². The van der Waals surface area contributed by atoms with Gasteiger partial charge in [0, 0.05) is 30.5 Å². The molecule has 0 saturated heterocycles. The molecule has 0 aliphatic rings. The summed E-state index contributed by atoms with van der Waals surface area (Å²) in [5.41, 5.74) is 0.0521. The van der Waals surface area contributed by atoms with E-state index in [0.29, 0.717) is 30.4 Å². The average molecular weight is 340 g/mol. The van der Waals surface area contributed by atoms with Crippen molar-refractivity contribution in [1.29, 1.82) is 0 Å². The number of hydrogen-bond acceptors (Lipinski definition) is 6. The Hall–Kier alpha value is -3.42. The minimum atomic E-state index is -1.13. The number of rotatable bonds is 7. The Morgan fingerprint density at radius 2 is 2.04 bits per heavy atom. The summed E-state index contributed by atoms with van der Waals surface area (Å²) in [6.07, 6.45) is 5.60. The number of nitrogens with zero attached hydrogens (tertiary/aromatic N) is 3. The molecule has 25 heavy (non-hydrogen) atoms. The Kier molecular flexibility index (Phi) is 4.89. The summed E-state index contributed by atoms with van der Waals surface area (Å²) < 4.78 is 6.99. The first-order valence-corrected chi connectivity index (χ1v) is 7.67. The first-order chi connectivity index (χ1) is 12.1. The van der Waals surface area contributed by atoms with Gasteiger partial charge in [-0.05, 0) is 30.7 Å². The molecule has 8 nitrogen and oxygen atoms in total. The van der Waals surface area contributed by atoms with Crippen molar-refractivity contribution in [3.05, 3.63) is 64.8 Å². The average Bonchev–Trinajstić information content (AvgIpc) is 2.62. The molecule has 0 spiro atoms. The van der Waals surface area contributed by atoms with E-state index in [1.54, 1.807) is 36.8 Å². The quantitative estimate of drug-likeness (QED) is 0.630. The van der Waals surface area contributed by atoms with Gasteiger partial charge in [0.15, 0.2) is 0 Å². The molecule has 0 atom stereocenters. The zero-order valence-corrected chi connectivity index (χ0v) is 13.3. The van der Waals surface area contributed by atoms with Gasteiger partial charge in [0.2, 0.25) is 5.95 Å². The van der Waals surface area contributed by atoms with Gasteiger partial charge >= 0.3 is 5.97 Å². The summed E-state index contributed by atoms with van der Waals surface area (Å²) in [6, 6.07) is 7.63. The monoisotopic (exact) mass is 340 g/mol. The highest BCUT2D eigenvalue weighted by atomic mass is 16.5.